The van der Waals surface area contributed by atoms with Crippen molar-refractivity contribution in [2.45, 2.75) is 37.3 Å². The molecular weight excluding hydrogens is 306 g/mol. The van der Waals surface area contributed by atoms with Gasteiger partial charge in [0, 0.05) is 23.2 Å². The number of nitrogens with zero attached hydrogens (tertiary/aromatic N) is 2. The number of fused-ring (bicyclic) bond motifs is 1. The molecule has 1 aromatic carbocycles. The van der Waals surface area contributed by atoms with Crippen LogP contribution in [-0.2, 0) is 4.79 Å². The van der Waals surface area contributed by atoms with Crippen LogP contribution in [-0.4, -0.2) is 55.3 Å². The van der Waals surface area contributed by atoms with Crippen LogP contribution in [0, 0.1) is 0 Å². The minimum absolute atomic E-state index is 0.124. The Balaban J connectivity index is 1.79. The van der Waals surface area contributed by atoms with Crippen LogP contribution >= 0.6 is 11.8 Å². The maximum absolute atomic E-state index is 12.2. The van der Waals surface area contributed by atoms with Crippen LogP contribution in [0.25, 0.3) is 0 Å². The maximum Gasteiger partial charge on any atom is 0.239 e. The Hall–Kier alpha value is -1.20. The molecule has 0 bridgehead atoms. The first kappa shape index (κ1) is 18.1. The molecule has 1 unspecified atom stereocenters. The largest absolute Gasteiger partial charge is 0.360 e. The van der Waals surface area contributed by atoms with Crippen molar-refractivity contribution in [2.75, 3.05) is 44.2 Å². The highest BCUT2D eigenvalue weighted by atomic mass is 32.2. The van der Waals surface area contributed by atoms with E-state index in [4.69, 9.17) is 0 Å². The highest BCUT2D eigenvalue weighted by molar-refractivity contribution is 8.00. The highest BCUT2D eigenvalue weighted by Gasteiger charge is 2.23. The number of carbonyl (C=O) groups excluding carboxylic acids is 1. The van der Waals surface area contributed by atoms with E-state index in [2.05, 4.69) is 54.1 Å². The van der Waals surface area contributed by atoms with Gasteiger partial charge in [-0.3, -0.25) is 4.79 Å². The summed E-state index contributed by atoms with van der Waals surface area (Å²) in [5.41, 5.74) is 1.19. The zero-order valence-electron chi connectivity index (χ0n) is 14.5. The lowest BCUT2D eigenvalue weighted by Crippen LogP contribution is -2.42. The van der Waals surface area contributed by atoms with Crippen molar-refractivity contribution in [3.63, 3.8) is 0 Å². The summed E-state index contributed by atoms with van der Waals surface area (Å²) in [5.74, 6) is 0.124. The third-order valence-corrected chi connectivity index (χ3v) is 5.36. The molecule has 5 heteroatoms. The number of benzene rings is 1. The fraction of sp³-hybridized carbons (Fsp3) is 0.611. The molecule has 1 N–H and O–H groups in total. The van der Waals surface area contributed by atoms with Gasteiger partial charge in [0.25, 0.3) is 0 Å². The molecule has 0 spiro atoms. The smallest absolute Gasteiger partial charge is 0.239 e. The lowest BCUT2D eigenvalue weighted by Gasteiger charge is -2.33. The van der Waals surface area contributed by atoms with E-state index in [1.165, 1.54) is 10.6 Å². The van der Waals surface area contributed by atoms with Gasteiger partial charge in [-0.2, -0.15) is 0 Å². The van der Waals surface area contributed by atoms with Gasteiger partial charge in [-0.25, -0.2) is 0 Å². The minimum atomic E-state index is 0.124. The second-order valence-electron chi connectivity index (χ2n) is 6.01. The zero-order valence-corrected chi connectivity index (χ0v) is 15.4. The molecule has 1 heterocycles. The molecule has 0 aliphatic carbocycles. The molecule has 1 amide bonds. The van der Waals surface area contributed by atoms with Gasteiger partial charge in [0.15, 0.2) is 0 Å². The molecular formula is C18H29N3OS. The molecule has 2 rings (SSSR count). The summed E-state index contributed by atoms with van der Waals surface area (Å²) in [4.78, 5) is 18.1. The van der Waals surface area contributed by atoms with Gasteiger partial charge in [-0.1, -0.05) is 32.9 Å². The van der Waals surface area contributed by atoms with Gasteiger partial charge < -0.3 is 15.1 Å². The molecule has 1 atom stereocenters. The summed E-state index contributed by atoms with van der Waals surface area (Å²) >= 11 is 1.89. The number of hydrogen-bond donors (Lipinski definition) is 1. The first-order chi connectivity index (χ1) is 11.1. The van der Waals surface area contributed by atoms with Gasteiger partial charge in [-0.15, -0.1) is 11.8 Å². The third kappa shape index (κ3) is 5.43. The van der Waals surface area contributed by atoms with Crippen LogP contribution in [0.1, 0.15) is 27.2 Å². The van der Waals surface area contributed by atoms with Crippen LogP contribution in [0.4, 0.5) is 5.69 Å². The number of rotatable bonds is 8. The second kappa shape index (κ2) is 9.18. The van der Waals surface area contributed by atoms with Crippen LogP contribution < -0.4 is 10.2 Å². The van der Waals surface area contributed by atoms with Gasteiger partial charge in [0.1, 0.15) is 0 Å². The predicted molar refractivity (Wildman–Crippen MR) is 99.4 cm³/mol. The van der Waals surface area contributed by atoms with Crippen molar-refractivity contribution < 1.29 is 4.79 Å². The standard InChI is InChI=1S/C18H29N3OS/c1-4-20(5-2)12-8-11-19-18(22)14-21-13-15(3)23-17-10-7-6-9-16(17)21/h6-7,9-10,15H,4-5,8,11-14H2,1-3H3,(H,19,22). The van der Waals surface area contributed by atoms with E-state index < -0.39 is 0 Å². The normalized spacial score (nSPS) is 17.2. The van der Waals surface area contributed by atoms with Crippen LogP contribution in [0.3, 0.4) is 0 Å². The Morgan fingerprint density at radius 1 is 1.35 bits per heavy atom. The summed E-state index contributed by atoms with van der Waals surface area (Å²) in [6, 6.07) is 8.37. The molecule has 1 aliphatic heterocycles. The first-order valence-corrected chi connectivity index (χ1v) is 9.51. The maximum atomic E-state index is 12.2. The Morgan fingerprint density at radius 3 is 2.83 bits per heavy atom. The molecule has 0 aromatic heterocycles. The lowest BCUT2D eigenvalue weighted by atomic mass is 10.2. The number of hydrogen-bond acceptors (Lipinski definition) is 4. The number of anilines is 1. The quantitative estimate of drug-likeness (QED) is 0.741. The number of nitrogens with one attached hydrogen (secondary N) is 1. The van der Waals surface area contributed by atoms with E-state index in [0.29, 0.717) is 11.8 Å². The van der Waals surface area contributed by atoms with E-state index in [1.807, 2.05) is 17.8 Å². The fourth-order valence-electron chi connectivity index (χ4n) is 2.93. The van der Waals surface area contributed by atoms with Gasteiger partial charge in [-0.05, 0) is 38.2 Å². The van der Waals surface area contributed by atoms with E-state index >= 15 is 0 Å². The monoisotopic (exact) mass is 335 g/mol. The van der Waals surface area contributed by atoms with Gasteiger partial charge in [0.2, 0.25) is 5.91 Å². The van der Waals surface area contributed by atoms with E-state index in [-0.39, 0.29) is 5.91 Å². The summed E-state index contributed by atoms with van der Waals surface area (Å²) in [7, 11) is 0. The number of amides is 1. The molecule has 1 aromatic rings. The Kier molecular flexibility index (Phi) is 7.24. The fourth-order valence-corrected chi connectivity index (χ4v) is 4.09. The summed E-state index contributed by atoms with van der Waals surface area (Å²) in [6.07, 6.45) is 1.01. The van der Waals surface area contributed by atoms with Crippen LogP contribution in [0.15, 0.2) is 29.2 Å². The number of para-hydroxylation sites is 1. The Morgan fingerprint density at radius 2 is 2.09 bits per heavy atom. The van der Waals surface area contributed by atoms with E-state index in [0.717, 1.165) is 39.1 Å². The SMILES string of the molecule is CCN(CC)CCCNC(=O)CN1CC(C)Sc2ccccc21. The number of thioether (sulfide) groups is 1. The van der Waals surface area contributed by atoms with Crippen molar-refractivity contribution in [3.8, 4) is 0 Å². The molecule has 0 radical (unpaired) electrons. The van der Waals surface area contributed by atoms with Crippen molar-refractivity contribution in [1.82, 2.24) is 10.2 Å². The van der Waals surface area contributed by atoms with Gasteiger partial charge in [0.05, 0.1) is 12.2 Å². The van der Waals surface area contributed by atoms with Crippen LogP contribution in [0.2, 0.25) is 0 Å². The van der Waals surface area contributed by atoms with Crippen molar-refractivity contribution in [3.05, 3.63) is 24.3 Å². The van der Waals surface area contributed by atoms with Gasteiger partial charge >= 0.3 is 0 Å². The van der Waals surface area contributed by atoms with Crippen LogP contribution in [0.5, 0.6) is 0 Å². The van der Waals surface area contributed by atoms with Crippen molar-refractivity contribution >= 4 is 23.4 Å². The molecule has 128 valence electrons. The molecule has 0 fully saturated rings. The molecule has 0 saturated heterocycles. The minimum Gasteiger partial charge on any atom is -0.360 e. The second-order valence-corrected chi connectivity index (χ2v) is 7.49. The summed E-state index contributed by atoms with van der Waals surface area (Å²) in [6.45, 7) is 11.9. The molecule has 23 heavy (non-hydrogen) atoms. The molecule has 4 nitrogen and oxygen atoms in total. The topological polar surface area (TPSA) is 35.6 Å². The van der Waals surface area contributed by atoms with E-state index in [1.54, 1.807) is 0 Å². The molecule has 1 aliphatic rings. The average molecular weight is 336 g/mol. The third-order valence-electron chi connectivity index (χ3n) is 4.21. The Labute approximate surface area is 144 Å². The van der Waals surface area contributed by atoms with E-state index in [9.17, 15) is 4.79 Å². The number of carbonyl (C=O) groups is 1. The van der Waals surface area contributed by atoms with Crippen molar-refractivity contribution in [2.24, 2.45) is 0 Å². The lowest BCUT2D eigenvalue weighted by molar-refractivity contribution is -0.119. The molecule has 0 saturated carbocycles. The average Bonchev–Trinajstić information content (AvgIpc) is 2.55. The zero-order chi connectivity index (χ0) is 16.7. The van der Waals surface area contributed by atoms with Crippen molar-refractivity contribution in [1.29, 1.82) is 0 Å². The first-order valence-electron chi connectivity index (χ1n) is 8.63. The predicted octanol–water partition coefficient (Wildman–Crippen LogP) is 2.84. The summed E-state index contributed by atoms with van der Waals surface area (Å²) in [5, 5.41) is 3.58. The highest BCUT2D eigenvalue weighted by Crippen LogP contribution is 2.37. The Bertz CT molecular complexity index is 505. The summed E-state index contributed by atoms with van der Waals surface area (Å²) < 4.78 is 0.